The molecule has 1 aliphatic rings. The minimum absolute atomic E-state index is 0.116. The fraction of sp³-hybridized carbons (Fsp3) is 0.500. The first-order valence-corrected chi connectivity index (χ1v) is 6.32. The van der Waals surface area contributed by atoms with Gasteiger partial charge in [-0.1, -0.05) is 12.1 Å². The van der Waals surface area contributed by atoms with Crippen molar-refractivity contribution in [1.29, 1.82) is 0 Å². The fourth-order valence-electron chi connectivity index (χ4n) is 2.29. The van der Waals surface area contributed by atoms with E-state index in [0.29, 0.717) is 17.8 Å². The second-order valence-electron chi connectivity index (χ2n) is 5.20. The second kappa shape index (κ2) is 4.98. The van der Waals surface area contributed by atoms with Crippen LogP contribution in [0, 0.1) is 12.3 Å². The number of amides is 1. The van der Waals surface area contributed by atoms with Crippen LogP contribution in [0.2, 0.25) is 0 Å². The predicted molar refractivity (Wildman–Crippen MR) is 71.3 cm³/mol. The van der Waals surface area contributed by atoms with Crippen molar-refractivity contribution in [3.63, 3.8) is 0 Å². The number of hydrogen-bond acceptors (Lipinski definition) is 3. The van der Waals surface area contributed by atoms with Gasteiger partial charge in [0.2, 0.25) is 0 Å². The van der Waals surface area contributed by atoms with Gasteiger partial charge in [0, 0.05) is 18.8 Å². The highest BCUT2D eigenvalue weighted by molar-refractivity contribution is 6.00. The fourth-order valence-corrected chi connectivity index (χ4v) is 2.29. The third-order valence-electron chi connectivity index (χ3n) is 3.76. The molecule has 18 heavy (non-hydrogen) atoms. The average Bonchev–Trinajstić information content (AvgIpc) is 3.07. The Bertz CT molecular complexity index is 433. The summed E-state index contributed by atoms with van der Waals surface area (Å²) in [6.07, 6.45) is 2.92. The van der Waals surface area contributed by atoms with E-state index in [2.05, 4.69) is 5.32 Å². The molecule has 0 unspecified atom stereocenters. The number of aliphatic hydroxyl groups is 1. The van der Waals surface area contributed by atoms with Gasteiger partial charge in [-0.25, -0.2) is 0 Å². The van der Waals surface area contributed by atoms with Crippen LogP contribution in [0.15, 0.2) is 18.2 Å². The molecule has 4 N–H and O–H groups in total. The molecule has 0 aromatic heterocycles. The van der Waals surface area contributed by atoms with E-state index in [0.717, 1.165) is 24.8 Å². The number of nitrogens with one attached hydrogen (secondary N) is 1. The van der Waals surface area contributed by atoms with Crippen LogP contribution in [0.3, 0.4) is 0 Å². The number of rotatable bonds is 5. The summed E-state index contributed by atoms with van der Waals surface area (Å²) in [4.78, 5) is 12.1. The van der Waals surface area contributed by atoms with Crippen LogP contribution in [-0.4, -0.2) is 24.2 Å². The maximum atomic E-state index is 12.1. The van der Waals surface area contributed by atoms with Crippen LogP contribution < -0.4 is 11.1 Å². The molecule has 1 fully saturated rings. The Morgan fingerprint density at radius 3 is 2.78 bits per heavy atom. The summed E-state index contributed by atoms with van der Waals surface area (Å²) in [6, 6.07) is 5.46. The molecule has 0 saturated heterocycles. The SMILES string of the molecule is Cc1cccc(N)c1C(=O)NCC1(CCO)CC1. The molecule has 2 rings (SSSR count). The first-order chi connectivity index (χ1) is 8.58. The van der Waals surface area contributed by atoms with Crippen LogP contribution >= 0.6 is 0 Å². The lowest BCUT2D eigenvalue weighted by Gasteiger charge is -2.16. The third-order valence-corrected chi connectivity index (χ3v) is 3.76. The maximum Gasteiger partial charge on any atom is 0.253 e. The molecule has 4 nitrogen and oxygen atoms in total. The van der Waals surface area contributed by atoms with Crippen LogP contribution in [0.5, 0.6) is 0 Å². The minimum Gasteiger partial charge on any atom is -0.398 e. The predicted octanol–water partition coefficient (Wildman–Crippen LogP) is 1.47. The van der Waals surface area contributed by atoms with E-state index in [-0.39, 0.29) is 17.9 Å². The van der Waals surface area contributed by atoms with E-state index in [4.69, 9.17) is 10.8 Å². The van der Waals surface area contributed by atoms with E-state index in [1.807, 2.05) is 19.1 Å². The van der Waals surface area contributed by atoms with Gasteiger partial charge < -0.3 is 16.2 Å². The summed E-state index contributed by atoms with van der Waals surface area (Å²) >= 11 is 0. The molecule has 1 aromatic carbocycles. The van der Waals surface area contributed by atoms with Crippen molar-refractivity contribution in [2.75, 3.05) is 18.9 Å². The van der Waals surface area contributed by atoms with Crippen LogP contribution in [0.4, 0.5) is 5.69 Å². The Balaban J connectivity index is 2.00. The summed E-state index contributed by atoms with van der Waals surface area (Å²) in [5, 5.41) is 11.9. The van der Waals surface area contributed by atoms with Crippen molar-refractivity contribution in [2.24, 2.45) is 5.41 Å². The monoisotopic (exact) mass is 248 g/mol. The van der Waals surface area contributed by atoms with E-state index < -0.39 is 0 Å². The third kappa shape index (κ3) is 2.64. The number of aliphatic hydroxyl groups excluding tert-OH is 1. The Kier molecular flexibility index (Phi) is 3.57. The molecule has 0 spiro atoms. The van der Waals surface area contributed by atoms with E-state index >= 15 is 0 Å². The lowest BCUT2D eigenvalue weighted by Crippen LogP contribution is -2.31. The van der Waals surface area contributed by atoms with Gasteiger partial charge in [-0.2, -0.15) is 0 Å². The maximum absolute atomic E-state index is 12.1. The molecule has 0 atom stereocenters. The highest BCUT2D eigenvalue weighted by Crippen LogP contribution is 2.47. The standard InChI is InChI=1S/C14H20N2O2/c1-10-3-2-4-11(15)12(10)13(18)16-9-14(5-6-14)7-8-17/h2-4,17H,5-9,15H2,1H3,(H,16,18). The van der Waals surface area contributed by atoms with Crippen molar-refractivity contribution in [1.82, 2.24) is 5.32 Å². The molecule has 1 aliphatic carbocycles. The van der Waals surface area contributed by atoms with Crippen molar-refractivity contribution in [2.45, 2.75) is 26.2 Å². The quantitative estimate of drug-likeness (QED) is 0.691. The van der Waals surface area contributed by atoms with Gasteiger partial charge in [-0.15, -0.1) is 0 Å². The summed E-state index contributed by atoms with van der Waals surface area (Å²) in [6.45, 7) is 2.69. The number of benzene rings is 1. The molecule has 0 aliphatic heterocycles. The van der Waals surface area contributed by atoms with Crippen LogP contribution in [-0.2, 0) is 0 Å². The molecule has 1 aromatic rings. The van der Waals surface area contributed by atoms with E-state index in [1.165, 1.54) is 0 Å². The molecular formula is C14H20N2O2. The van der Waals surface area contributed by atoms with Crippen molar-refractivity contribution in [3.05, 3.63) is 29.3 Å². The number of hydrogen-bond donors (Lipinski definition) is 3. The topological polar surface area (TPSA) is 75.4 Å². The molecular weight excluding hydrogens is 228 g/mol. The summed E-state index contributed by atoms with van der Waals surface area (Å²) in [7, 11) is 0. The smallest absolute Gasteiger partial charge is 0.253 e. The van der Waals surface area contributed by atoms with Gasteiger partial charge in [0.1, 0.15) is 0 Å². The summed E-state index contributed by atoms with van der Waals surface area (Å²) < 4.78 is 0. The zero-order valence-corrected chi connectivity index (χ0v) is 10.7. The van der Waals surface area contributed by atoms with Gasteiger partial charge >= 0.3 is 0 Å². The number of nitrogens with two attached hydrogens (primary N) is 1. The molecule has 0 radical (unpaired) electrons. The lowest BCUT2D eigenvalue weighted by atomic mass is 10.0. The van der Waals surface area contributed by atoms with E-state index in [1.54, 1.807) is 6.07 Å². The number of anilines is 1. The number of carbonyl (C=O) groups is 1. The highest BCUT2D eigenvalue weighted by Gasteiger charge is 2.41. The van der Waals surface area contributed by atoms with Crippen LogP contribution in [0.25, 0.3) is 0 Å². The molecule has 1 amide bonds. The van der Waals surface area contributed by atoms with Gasteiger partial charge in [-0.05, 0) is 43.2 Å². The Labute approximate surface area is 107 Å². The second-order valence-corrected chi connectivity index (χ2v) is 5.20. The molecule has 4 heteroatoms. The molecule has 98 valence electrons. The van der Waals surface area contributed by atoms with Gasteiger partial charge in [0.15, 0.2) is 0 Å². The Morgan fingerprint density at radius 2 is 2.22 bits per heavy atom. The summed E-state index contributed by atoms with van der Waals surface area (Å²) in [5.41, 5.74) is 7.93. The zero-order valence-electron chi connectivity index (χ0n) is 10.7. The molecule has 0 heterocycles. The van der Waals surface area contributed by atoms with Gasteiger partial charge in [0.25, 0.3) is 5.91 Å². The lowest BCUT2D eigenvalue weighted by molar-refractivity contribution is 0.0941. The number of aryl methyl sites for hydroxylation is 1. The Morgan fingerprint density at radius 1 is 1.50 bits per heavy atom. The molecule has 1 saturated carbocycles. The first kappa shape index (κ1) is 12.9. The Hall–Kier alpha value is -1.55. The number of nitrogen functional groups attached to an aromatic ring is 1. The van der Waals surface area contributed by atoms with Crippen LogP contribution in [0.1, 0.15) is 35.2 Å². The minimum atomic E-state index is -0.116. The summed E-state index contributed by atoms with van der Waals surface area (Å²) in [5.74, 6) is -0.116. The average molecular weight is 248 g/mol. The normalized spacial score (nSPS) is 16.3. The van der Waals surface area contributed by atoms with Gasteiger partial charge in [-0.3, -0.25) is 4.79 Å². The molecule has 0 bridgehead atoms. The largest absolute Gasteiger partial charge is 0.398 e. The van der Waals surface area contributed by atoms with E-state index in [9.17, 15) is 4.79 Å². The number of carbonyl (C=O) groups excluding carboxylic acids is 1. The van der Waals surface area contributed by atoms with Gasteiger partial charge in [0.05, 0.1) is 5.56 Å². The highest BCUT2D eigenvalue weighted by atomic mass is 16.3. The van der Waals surface area contributed by atoms with Crippen molar-refractivity contribution < 1.29 is 9.90 Å². The zero-order chi connectivity index (χ0) is 13.2. The first-order valence-electron chi connectivity index (χ1n) is 6.32. The van der Waals surface area contributed by atoms with Crippen molar-refractivity contribution in [3.8, 4) is 0 Å². The van der Waals surface area contributed by atoms with Crippen molar-refractivity contribution >= 4 is 11.6 Å².